The van der Waals surface area contributed by atoms with Crippen LogP contribution in [0.15, 0.2) is 28.2 Å². The molecule has 0 fully saturated rings. The third-order valence-electron chi connectivity index (χ3n) is 1.36. The summed E-state index contributed by atoms with van der Waals surface area (Å²) in [6, 6.07) is 0. The smallest absolute Gasteiger partial charge is 0.0296 e. The van der Waals surface area contributed by atoms with Crippen molar-refractivity contribution in [2.24, 2.45) is 4.99 Å². The molecule has 0 aromatic rings. The quantitative estimate of drug-likeness (QED) is 0.474. The summed E-state index contributed by atoms with van der Waals surface area (Å²) >= 11 is 0. The molecule has 0 aromatic carbocycles. The van der Waals surface area contributed by atoms with Crippen LogP contribution in [0.25, 0.3) is 0 Å². The van der Waals surface area contributed by atoms with Crippen molar-refractivity contribution in [3.8, 4) is 0 Å². The number of aliphatic imine (C=N–C) groups is 1. The van der Waals surface area contributed by atoms with Gasteiger partial charge in [0.1, 0.15) is 0 Å². The van der Waals surface area contributed by atoms with Crippen LogP contribution < -0.4 is 0 Å². The molecule has 0 saturated heterocycles. The van der Waals surface area contributed by atoms with Crippen molar-refractivity contribution < 1.29 is 0 Å². The van der Waals surface area contributed by atoms with Gasteiger partial charge in [0.25, 0.3) is 0 Å². The van der Waals surface area contributed by atoms with Gasteiger partial charge >= 0.3 is 0 Å². The predicted molar refractivity (Wildman–Crippen MR) is 49.3 cm³/mol. The van der Waals surface area contributed by atoms with Crippen LogP contribution in [-0.2, 0) is 0 Å². The molecule has 0 spiro atoms. The zero-order valence-corrected chi connectivity index (χ0v) is 7.54. The Bertz CT molecular complexity index is 223. The van der Waals surface area contributed by atoms with Crippen LogP contribution in [0.4, 0.5) is 0 Å². The van der Waals surface area contributed by atoms with Crippen molar-refractivity contribution in [2.45, 2.75) is 20.3 Å². The lowest BCUT2D eigenvalue weighted by Crippen LogP contribution is -1.87. The summed E-state index contributed by atoms with van der Waals surface area (Å²) in [7, 11) is 2.73. The largest absolute Gasteiger partial charge is 0.265 e. The van der Waals surface area contributed by atoms with Gasteiger partial charge in [-0.1, -0.05) is 6.08 Å². The molecule has 1 aliphatic heterocycles. The van der Waals surface area contributed by atoms with Gasteiger partial charge in [-0.2, -0.15) is 0 Å². The molecule has 1 aliphatic rings. The second kappa shape index (κ2) is 3.12. The molecular weight excluding hydrogens is 141 g/mol. The van der Waals surface area contributed by atoms with Gasteiger partial charge in [0.15, 0.2) is 0 Å². The van der Waals surface area contributed by atoms with Crippen molar-refractivity contribution in [2.75, 3.05) is 0 Å². The minimum atomic E-state index is 0.985. The highest BCUT2D eigenvalue weighted by molar-refractivity contribution is 7.22. The van der Waals surface area contributed by atoms with E-state index in [-0.39, 0.29) is 0 Å². The fourth-order valence-corrected chi connectivity index (χ4v) is 1.49. The summed E-state index contributed by atoms with van der Waals surface area (Å²) in [5.74, 6) is 0. The van der Waals surface area contributed by atoms with Crippen molar-refractivity contribution in [1.29, 1.82) is 0 Å². The maximum Gasteiger partial charge on any atom is 0.0296 e. The average molecular weight is 153 g/mol. The van der Waals surface area contributed by atoms with E-state index in [0.29, 0.717) is 0 Å². The first-order chi connectivity index (χ1) is 4.68. The Labute approximate surface area is 64.1 Å². The van der Waals surface area contributed by atoms with E-state index in [1.54, 1.807) is 0 Å². The second-order valence-corrected chi connectivity index (χ2v) is 3.38. The van der Waals surface area contributed by atoms with Crippen LogP contribution in [-0.4, -0.2) is 5.71 Å². The van der Waals surface area contributed by atoms with E-state index in [1.807, 2.05) is 13.1 Å². The summed E-state index contributed by atoms with van der Waals surface area (Å²) < 4.78 is 0. The van der Waals surface area contributed by atoms with E-state index < -0.39 is 0 Å². The molecule has 1 nitrogen and oxygen atoms in total. The molecule has 0 aromatic heterocycles. The van der Waals surface area contributed by atoms with Crippen LogP contribution in [0.3, 0.4) is 0 Å². The van der Waals surface area contributed by atoms with Crippen molar-refractivity contribution in [1.82, 2.24) is 0 Å². The van der Waals surface area contributed by atoms with Crippen LogP contribution in [0, 0.1) is 0 Å². The normalized spacial score (nSPS) is 18.9. The van der Waals surface area contributed by atoms with Gasteiger partial charge in [0.2, 0.25) is 0 Å². The summed E-state index contributed by atoms with van der Waals surface area (Å²) in [5.41, 5.74) is 2.40. The highest BCUT2D eigenvalue weighted by Gasteiger charge is 1.97. The first-order valence-corrected chi connectivity index (χ1v) is 3.92. The highest BCUT2D eigenvalue weighted by atomic mass is 31.0. The Hall–Kier alpha value is -0.420. The fourth-order valence-electron chi connectivity index (χ4n) is 0.934. The molecule has 10 heavy (non-hydrogen) atoms. The molecule has 54 valence electrons. The number of rotatable bonds is 0. The van der Waals surface area contributed by atoms with E-state index in [0.717, 1.165) is 6.42 Å². The van der Waals surface area contributed by atoms with Gasteiger partial charge in [-0.05, 0) is 24.7 Å². The van der Waals surface area contributed by atoms with Gasteiger partial charge in [-0.15, -0.1) is 9.24 Å². The van der Waals surface area contributed by atoms with Gasteiger partial charge < -0.3 is 0 Å². The minimum absolute atomic E-state index is 0.985. The summed E-state index contributed by atoms with van der Waals surface area (Å²) in [6.45, 7) is 4.11. The SMILES string of the molecule is CC1=CN=C(C)CC(P)=C1. The molecule has 0 saturated carbocycles. The van der Waals surface area contributed by atoms with E-state index in [9.17, 15) is 0 Å². The maximum atomic E-state index is 4.24. The van der Waals surface area contributed by atoms with Crippen molar-refractivity contribution in [3.05, 3.63) is 23.2 Å². The summed E-state index contributed by atoms with van der Waals surface area (Å²) in [6.07, 6.45) is 5.04. The summed E-state index contributed by atoms with van der Waals surface area (Å²) in [5, 5.41) is 1.31. The minimum Gasteiger partial charge on any atom is -0.265 e. The van der Waals surface area contributed by atoms with Crippen LogP contribution >= 0.6 is 9.24 Å². The highest BCUT2D eigenvalue weighted by Crippen LogP contribution is 2.17. The number of hydrogen-bond donors (Lipinski definition) is 0. The van der Waals surface area contributed by atoms with Gasteiger partial charge in [-0.25, -0.2) is 0 Å². The Morgan fingerprint density at radius 2 is 2.20 bits per heavy atom. The second-order valence-electron chi connectivity index (χ2n) is 2.63. The molecule has 1 unspecified atom stereocenters. The summed E-state index contributed by atoms with van der Waals surface area (Å²) in [4.78, 5) is 4.24. The standard InChI is InChI=1S/C8H12NP/c1-6-3-8(10)4-7(2)9-5-6/h3,5H,4,10H2,1-2H3. The van der Waals surface area contributed by atoms with Crippen LogP contribution in [0.1, 0.15) is 20.3 Å². The average Bonchev–Trinajstić information content (AvgIpc) is 1.93. The Morgan fingerprint density at radius 1 is 1.50 bits per heavy atom. The van der Waals surface area contributed by atoms with E-state index in [4.69, 9.17) is 0 Å². The monoisotopic (exact) mass is 153 g/mol. The third-order valence-corrected chi connectivity index (χ3v) is 1.73. The van der Waals surface area contributed by atoms with Gasteiger partial charge in [0.05, 0.1) is 0 Å². The van der Waals surface area contributed by atoms with Crippen LogP contribution in [0.2, 0.25) is 0 Å². The van der Waals surface area contributed by atoms with Crippen molar-refractivity contribution >= 4 is 15.0 Å². The molecule has 1 heterocycles. The van der Waals surface area contributed by atoms with Gasteiger partial charge in [0, 0.05) is 18.3 Å². The predicted octanol–water partition coefficient (Wildman–Crippen LogP) is 2.51. The first kappa shape index (κ1) is 7.68. The molecule has 2 heteroatoms. The molecule has 0 aliphatic carbocycles. The fraction of sp³-hybridized carbons (Fsp3) is 0.375. The molecular formula is C8H12NP. The topological polar surface area (TPSA) is 12.4 Å². The molecule has 0 radical (unpaired) electrons. The van der Waals surface area contributed by atoms with Crippen LogP contribution in [0.5, 0.6) is 0 Å². The molecule has 1 atom stereocenters. The van der Waals surface area contributed by atoms with E-state index >= 15 is 0 Å². The van der Waals surface area contributed by atoms with E-state index in [2.05, 4.69) is 27.2 Å². The molecule has 0 N–H and O–H groups in total. The lowest BCUT2D eigenvalue weighted by molar-refractivity contribution is 1.38. The Morgan fingerprint density at radius 3 is 2.90 bits per heavy atom. The third kappa shape index (κ3) is 2.07. The zero-order valence-electron chi connectivity index (χ0n) is 6.39. The number of hydrogen-bond acceptors (Lipinski definition) is 1. The van der Waals surface area contributed by atoms with Gasteiger partial charge in [-0.3, -0.25) is 4.99 Å². The number of nitrogens with zero attached hydrogens (tertiary/aromatic N) is 1. The molecule has 0 amide bonds. The van der Waals surface area contributed by atoms with E-state index in [1.165, 1.54) is 16.6 Å². The Kier molecular flexibility index (Phi) is 2.39. The molecule has 1 rings (SSSR count). The number of allylic oxidation sites excluding steroid dienone is 3. The lowest BCUT2D eigenvalue weighted by atomic mass is 10.2. The maximum absolute atomic E-state index is 4.24. The first-order valence-electron chi connectivity index (χ1n) is 3.34. The lowest BCUT2D eigenvalue weighted by Gasteiger charge is -1.94. The van der Waals surface area contributed by atoms with Crippen molar-refractivity contribution in [3.63, 3.8) is 0 Å². The molecule has 0 bridgehead atoms. The zero-order chi connectivity index (χ0) is 7.56. The Balaban J connectivity index is 2.90.